The van der Waals surface area contributed by atoms with E-state index in [0.717, 1.165) is 12.1 Å². The van der Waals surface area contributed by atoms with Gasteiger partial charge in [-0.25, -0.2) is 4.98 Å². The molecule has 80 valence electrons. The Kier molecular flexibility index (Phi) is 3.40. The van der Waals surface area contributed by atoms with Crippen molar-refractivity contribution in [2.75, 3.05) is 13.1 Å². The summed E-state index contributed by atoms with van der Waals surface area (Å²) in [4.78, 5) is 16.6. The SMILES string of the molecule is O=Nc1ccc(CN2CCCCC2)cn1. The van der Waals surface area contributed by atoms with Gasteiger partial charge in [-0.05, 0) is 42.7 Å². The molecule has 2 rings (SSSR count). The van der Waals surface area contributed by atoms with Crippen molar-refractivity contribution < 1.29 is 0 Å². The zero-order valence-electron chi connectivity index (χ0n) is 8.72. The molecular weight excluding hydrogens is 190 g/mol. The maximum atomic E-state index is 10.2. The summed E-state index contributed by atoms with van der Waals surface area (Å²) in [5.74, 6) is 0.261. The van der Waals surface area contributed by atoms with Crippen LogP contribution >= 0.6 is 0 Å². The topological polar surface area (TPSA) is 45.6 Å². The van der Waals surface area contributed by atoms with E-state index in [1.165, 1.54) is 32.4 Å². The zero-order valence-corrected chi connectivity index (χ0v) is 8.72. The second-order valence-electron chi connectivity index (χ2n) is 3.95. The van der Waals surface area contributed by atoms with Gasteiger partial charge < -0.3 is 0 Å². The van der Waals surface area contributed by atoms with Crippen molar-refractivity contribution in [1.82, 2.24) is 9.88 Å². The molecule has 1 aromatic rings. The van der Waals surface area contributed by atoms with Crippen LogP contribution in [-0.4, -0.2) is 23.0 Å². The van der Waals surface area contributed by atoms with Crippen molar-refractivity contribution in [1.29, 1.82) is 0 Å². The molecule has 1 saturated heterocycles. The summed E-state index contributed by atoms with van der Waals surface area (Å²) in [6, 6.07) is 3.60. The van der Waals surface area contributed by atoms with Crippen molar-refractivity contribution in [2.45, 2.75) is 25.8 Å². The molecule has 4 heteroatoms. The van der Waals surface area contributed by atoms with Crippen LogP contribution in [-0.2, 0) is 6.54 Å². The first-order valence-electron chi connectivity index (χ1n) is 5.39. The summed E-state index contributed by atoms with van der Waals surface area (Å²) in [5.41, 5.74) is 1.16. The number of piperidine rings is 1. The quantitative estimate of drug-likeness (QED) is 0.712. The molecule has 0 N–H and O–H groups in total. The van der Waals surface area contributed by atoms with Crippen molar-refractivity contribution >= 4 is 5.82 Å². The minimum Gasteiger partial charge on any atom is -0.299 e. The minimum absolute atomic E-state index is 0.261. The fraction of sp³-hybridized carbons (Fsp3) is 0.545. The maximum Gasteiger partial charge on any atom is 0.196 e. The zero-order chi connectivity index (χ0) is 10.5. The molecule has 1 aliphatic rings. The fourth-order valence-corrected chi connectivity index (χ4v) is 1.94. The van der Waals surface area contributed by atoms with E-state index in [1.54, 1.807) is 12.3 Å². The molecule has 0 radical (unpaired) electrons. The second kappa shape index (κ2) is 4.98. The Labute approximate surface area is 89.3 Å². The van der Waals surface area contributed by atoms with Gasteiger partial charge in [-0.2, -0.15) is 0 Å². The van der Waals surface area contributed by atoms with Gasteiger partial charge in [-0.3, -0.25) is 4.90 Å². The molecule has 0 aromatic carbocycles. The van der Waals surface area contributed by atoms with E-state index in [0.29, 0.717) is 0 Å². The number of nitroso groups, excluding NO2 is 1. The molecule has 0 amide bonds. The Morgan fingerprint density at radius 3 is 2.67 bits per heavy atom. The Bertz CT molecular complexity index is 317. The van der Waals surface area contributed by atoms with Crippen molar-refractivity contribution in [3.63, 3.8) is 0 Å². The van der Waals surface area contributed by atoms with Crippen LogP contribution in [0.15, 0.2) is 23.5 Å². The van der Waals surface area contributed by atoms with E-state index in [1.807, 2.05) is 6.07 Å². The summed E-state index contributed by atoms with van der Waals surface area (Å²) in [6.07, 6.45) is 5.68. The molecule has 0 saturated carbocycles. The molecule has 0 bridgehead atoms. The first-order chi connectivity index (χ1) is 7.38. The Morgan fingerprint density at radius 2 is 2.07 bits per heavy atom. The number of likely N-dealkylation sites (tertiary alicyclic amines) is 1. The van der Waals surface area contributed by atoms with Crippen LogP contribution < -0.4 is 0 Å². The third-order valence-corrected chi connectivity index (χ3v) is 2.76. The van der Waals surface area contributed by atoms with Crippen LogP contribution in [0, 0.1) is 4.91 Å². The summed E-state index contributed by atoms with van der Waals surface area (Å²) < 4.78 is 0. The van der Waals surface area contributed by atoms with E-state index in [4.69, 9.17) is 0 Å². The lowest BCUT2D eigenvalue weighted by atomic mass is 10.1. The molecule has 0 spiro atoms. The molecule has 1 aromatic heterocycles. The molecule has 2 heterocycles. The van der Waals surface area contributed by atoms with Crippen molar-refractivity contribution in [2.24, 2.45) is 5.18 Å². The molecule has 0 atom stereocenters. The number of rotatable bonds is 3. The highest BCUT2D eigenvalue weighted by atomic mass is 16.3. The standard InChI is InChI=1S/C11H15N3O/c15-13-11-5-4-10(8-12-11)9-14-6-2-1-3-7-14/h4-5,8H,1-3,6-7,9H2. The third kappa shape index (κ3) is 2.83. The van der Waals surface area contributed by atoms with Gasteiger partial charge in [-0.1, -0.05) is 12.5 Å². The van der Waals surface area contributed by atoms with E-state index in [-0.39, 0.29) is 5.82 Å². The molecule has 1 fully saturated rings. The Balaban J connectivity index is 1.94. The first-order valence-corrected chi connectivity index (χ1v) is 5.39. The van der Waals surface area contributed by atoms with E-state index < -0.39 is 0 Å². The molecule has 15 heavy (non-hydrogen) atoms. The van der Waals surface area contributed by atoms with Gasteiger partial charge >= 0.3 is 0 Å². The monoisotopic (exact) mass is 205 g/mol. The predicted octanol–water partition coefficient (Wildman–Crippen LogP) is 2.47. The van der Waals surface area contributed by atoms with Gasteiger partial charge in [0.25, 0.3) is 0 Å². The summed E-state index contributed by atoms with van der Waals surface area (Å²) in [5, 5.41) is 2.78. The van der Waals surface area contributed by atoms with Gasteiger partial charge in [0.05, 0.1) is 0 Å². The molecular formula is C11H15N3O. The Morgan fingerprint density at radius 1 is 1.27 bits per heavy atom. The molecule has 0 unspecified atom stereocenters. The maximum absolute atomic E-state index is 10.2. The average Bonchev–Trinajstić information content (AvgIpc) is 2.31. The van der Waals surface area contributed by atoms with Crippen LogP contribution in [0.1, 0.15) is 24.8 Å². The summed E-state index contributed by atoms with van der Waals surface area (Å²) >= 11 is 0. The lowest BCUT2D eigenvalue weighted by Crippen LogP contribution is -2.29. The highest BCUT2D eigenvalue weighted by Gasteiger charge is 2.10. The number of hydrogen-bond acceptors (Lipinski definition) is 4. The largest absolute Gasteiger partial charge is 0.299 e. The van der Waals surface area contributed by atoms with E-state index in [9.17, 15) is 4.91 Å². The summed E-state index contributed by atoms with van der Waals surface area (Å²) in [6.45, 7) is 3.29. The van der Waals surface area contributed by atoms with Crippen LogP contribution in [0.3, 0.4) is 0 Å². The summed E-state index contributed by atoms with van der Waals surface area (Å²) in [7, 11) is 0. The lowest BCUT2D eigenvalue weighted by molar-refractivity contribution is 0.220. The molecule has 1 aliphatic heterocycles. The highest BCUT2D eigenvalue weighted by Crippen LogP contribution is 2.14. The van der Waals surface area contributed by atoms with Crippen LogP contribution in [0.5, 0.6) is 0 Å². The van der Waals surface area contributed by atoms with Crippen molar-refractivity contribution in [3.05, 3.63) is 28.8 Å². The van der Waals surface area contributed by atoms with Crippen LogP contribution in [0.2, 0.25) is 0 Å². The second-order valence-corrected chi connectivity index (χ2v) is 3.95. The lowest BCUT2D eigenvalue weighted by Gasteiger charge is -2.26. The molecule has 4 nitrogen and oxygen atoms in total. The number of pyridine rings is 1. The minimum atomic E-state index is 0.261. The number of aromatic nitrogens is 1. The van der Waals surface area contributed by atoms with Crippen LogP contribution in [0.4, 0.5) is 5.82 Å². The Hall–Kier alpha value is -1.29. The molecule has 0 aliphatic carbocycles. The predicted molar refractivity (Wildman–Crippen MR) is 58.8 cm³/mol. The number of hydrogen-bond donors (Lipinski definition) is 0. The van der Waals surface area contributed by atoms with Gasteiger partial charge in [-0.15, -0.1) is 4.91 Å². The van der Waals surface area contributed by atoms with Crippen molar-refractivity contribution in [3.8, 4) is 0 Å². The van der Waals surface area contributed by atoms with Gasteiger partial charge in [0.1, 0.15) is 0 Å². The smallest absolute Gasteiger partial charge is 0.196 e. The van der Waals surface area contributed by atoms with Gasteiger partial charge in [0.15, 0.2) is 5.82 Å². The average molecular weight is 205 g/mol. The normalized spacial score (nSPS) is 17.6. The third-order valence-electron chi connectivity index (χ3n) is 2.76. The van der Waals surface area contributed by atoms with Gasteiger partial charge in [0.2, 0.25) is 0 Å². The van der Waals surface area contributed by atoms with Crippen LogP contribution in [0.25, 0.3) is 0 Å². The highest BCUT2D eigenvalue weighted by molar-refractivity contribution is 5.28. The van der Waals surface area contributed by atoms with Gasteiger partial charge in [0, 0.05) is 12.7 Å². The first kappa shape index (κ1) is 10.2. The van der Waals surface area contributed by atoms with E-state index in [2.05, 4.69) is 15.1 Å². The van der Waals surface area contributed by atoms with E-state index >= 15 is 0 Å². The number of nitrogens with zero attached hydrogens (tertiary/aromatic N) is 3. The fourth-order valence-electron chi connectivity index (χ4n) is 1.94.